The van der Waals surface area contributed by atoms with Gasteiger partial charge in [0.2, 0.25) is 0 Å². The van der Waals surface area contributed by atoms with E-state index in [0.717, 1.165) is 6.42 Å². The van der Waals surface area contributed by atoms with Crippen molar-refractivity contribution in [3.8, 4) is 0 Å². The fraction of sp³-hybridized carbons (Fsp3) is 0.571. The second kappa shape index (κ2) is 5.94. The number of benzene rings is 1. The molecular weight excluding hydrogens is 331 g/mol. The van der Waals surface area contributed by atoms with Gasteiger partial charge in [0.25, 0.3) is 0 Å². The van der Waals surface area contributed by atoms with Gasteiger partial charge < -0.3 is 10.8 Å². The van der Waals surface area contributed by atoms with E-state index in [9.17, 15) is 35.8 Å². The number of rotatable bonds is 3. The third-order valence-corrected chi connectivity index (χ3v) is 4.10. The van der Waals surface area contributed by atoms with Crippen molar-refractivity contribution >= 4 is 0 Å². The van der Waals surface area contributed by atoms with Crippen LogP contribution in [0.3, 0.4) is 0 Å². The first-order valence-corrected chi connectivity index (χ1v) is 6.84. The maximum absolute atomic E-state index is 14.0. The molecule has 0 aromatic heterocycles. The molecule has 130 valence electrons. The van der Waals surface area contributed by atoms with E-state index in [1.807, 2.05) is 0 Å². The number of aliphatic hydroxyl groups is 1. The minimum absolute atomic E-state index is 0.0298. The molecule has 1 aliphatic rings. The molecule has 0 aliphatic heterocycles. The molecule has 0 unspecified atom stereocenters. The third kappa shape index (κ3) is 3.60. The standard InChI is InChI=1S/C14H14F7NO/c15-9-5-7(13(16,17)18)4-8(14(19,20)21)10(9)11(22)12(23)6-2-1-3-6/h4-6,11-12,23H,1-3,22H2/t11-,12+/m1/s1. The Morgan fingerprint density at radius 1 is 1.04 bits per heavy atom. The van der Waals surface area contributed by atoms with Gasteiger partial charge in [0.15, 0.2) is 0 Å². The molecule has 1 saturated carbocycles. The highest BCUT2D eigenvalue weighted by Crippen LogP contribution is 2.42. The van der Waals surface area contributed by atoms with Crippen LogP contribution in [0.25, 0.3) is 0 Å². The summed E-state index contributed by atoms with van der Waals surface area (Å²) in [7, 11) is 0. The van der Waals surface area contributed by atoms with Gasteiger partial charge in [0.1, 0.15) is 5.82 Å². The smallest absolute Gasteiger partial charge is 0.391 e. The summed E-state index contributed by atoms with van der Waals surface area (Å²) < 4.78 is 90.9. The summed E-state index contributed by atoms with van der Waals surface area (Å²) in [5.74, 6) is -2.11. The molecule has 2 nitrogen and oxygen atoms in total. The highest BCUT2D eigenvalue weighted by molar-refractivity contribution is 5.39. The molecule has 23 heavy (non-hydrogen) atoms. The van der Waals surface area contributed by atoms with Crippen molar-refractivity contribution in [2.24, 2.45) is 11.7 Å². The Kier molecular flexibility index (Phi) is 4.64. The van der Waals surface area contributed by atoms with Crippen LogP contribution in [-0.2, 0) is 12.4 Å². The Morgan fingerprint density at radius 3 is 2.00 bits per heavy atom. The van der Waals surface area contributed by atoms with E-state index in [4.69, 9.17) is 5.73 Å². The third-order valence-electron chi connectivity index (χ3n) is 4.10. The Bertz CT molecular complexity index is 578. The maximum Gasteiger partial charge on any atom is 0.416 e. The average molecular weight is 345 g/mol. The normalized spacial score (nSPS) is 19.3. The summed E-state index contributed by atoms with van der Waals surface area (Å²) in [5, 5.41) is 9.95. The lowest BCUT2D eigenvalue weighted by molar-refractivity contribution is -0.144. The van der Waals surface area contributed by atoms with Crippen LogP contribution >= 0.6 is 0 Å². The molecule has 1 fully saturated rings. The van der Waals surface area contributed by atoms with E-state index in [1.54, 1.807) is 0 Å². The molecule has 3 N–H and O–H groups in total. The molecule has 0 radical (unpaired) electrons. The van der Waals surface area contributed by atoms with Gasteiger partial charge in [0.05, 0.1) is 23.3 Å². The first kappa shape index (κ1) is 18.0. The Balaban J connectivity index is 2.53. The monoisotopic (exact) mass is 345 g/mol. The molecule has 2 atom stereocenters. The van der Waals surface area contributed by atoms with Gasteiger partial charge in [-0.2, -0.15) is 26.3 Å². The number of alkyl halides is 6. The Hall–Kier alpha value is -1.35. The van der Waals surface area contributed by atoms with Crippen LogP contribution in [0.1, 0.15) is 42.0 Å². The Labute approximate surface area is 127 Å². The molecule has 0 heterocycles. The Morgan fingerprint density at radius 2 is 1.61 bits per heavy atom. The summed E-state index contributed by atoms with van der Waals surface area (Å²) in [4.78, 5) is 0. The van der Waals surface area contributed by atoms with Gasteiger partial charge in [-0.3, -0.25) is 0 Å². The van der Waals surface area contributed by atoms with Crippen LogP contribution in [0.5, 0.6) is 0 Å². The first-order chi connectivity index (χ1) is 10.4. The molecular formula is C14H14F7NO. The van der Waals surface area contributed by atoms with E-state index >= 15 is 0 Å². The van der Waals surface area contributed by atoms with E-state index in [0.29, 0.717) is 12.8 Å². The van der Waals surface area contributed by atoms with Gasteiger partial charge >= 0.3 is 12.4 Å². The van der Waals surface area contributed by atoms with Crippen LogP contribution in [0.15, 0.2) is 12.1 Å². The minimum Gasteiger partial charge on any atom is -0.391 e. The lowest BCUT2D eigenvalue weighted by Crippen LogP contribution is -2.38. The zero-order valence-electron chi connectivity index (χ0n) is 11.7. The van der Waals surface area contributed by atoms with Gasteiger partial charge in [-0.05, 0) is 30.9 Å². The molecule has 1 aromatic carbocycles. The van der Waals surface area contributed by atoms with Gasteiger partial charge in [0, 0.05) is 5.56 Å². The zero-order chi connectivity index (χ0) is 17.6. The second-order valence-electron chi connectivity index (χ2n) is 5.62. The number of nitrogens with two attached hydrogens (primary N) is 1. The highest BCUT2D eigenvalue weighted by Gasteiger charge is 2.43. The molecule has 0 amide bonds. The van der Waals surface area contributed by atoms with Gasteiger partial charge in [-0.15, -0.1) is 0 Å². The highest BCUT2D eigenvalue weighted by atomic mass is 19.4. The molecule has 2 rings (SSSR count). The molecule has 1 aliphatic carbocycles. The van der Waals surface area contributed by atoms with Crippen LogP contribution in [0, 0.1) is 11.7 Å². The van der Waals surface area contributed by atoms with Crippen molar-refractivity contribution < 1.29 is 35.8 Å². The summed E-state index contributed by atoms with van der Waals surface area (Å²) in [6.45, 7) is 0. The fourth-order valence-electron chi connectivity index (χ4n) is 2.60. The van der Waals surface area contributed by atoms with Crippen LogP contribution < -0.4 is 5.73 Å². The van der Waals surface area contributed by atoms with Gasteiger partial charge in [-0.25, -0.2) is 4.39 Å². The molecule has 9 heteroatoms. The molecule has 0 spiro atoms. The number of hydrogen-bond donors (Lipinski definition) is 2. The maximum atomic E-state index is 14.0. The largest absolute Gasteiger partial charge is 0.416 e. The minimum atomic E-state index is -5.23. The van der Waals surface area contributed by atoms with E-state index in [-0.39, 0.29) is 18.1 Å². The summed E-state index contributed by atoms with van der Waals surface area (Å²) >= 11 is 0. The van der Waals surface area contributed by atoms with Crippen molar-refractivity contribution in [2.75, 3.05) is 0 Å². The average Bonchev–Trinajstić information content (AvgIpc) is 2.32. The molecule has 0 saturated heterocycles. The lowest BCUT2D eigenvalue weighted by Gasteiger charge is -2.34. The zero-order valence-corrected chi connectivity index (χ0v) is 11.7. The van der Waals surface area contributed by atoms with E-state index < -0.39 is 47.0 Å². The summed E-state index contributed by atoms with van der Waals surface area (Å²) in [5.41, 5.74) is 0.838. The summed E-state index contributed by atoms with van der Waals surface area (Å²) in [6, 6.07) is -1.96. The van der Waals surface area contributed by atoms with E-state index in [1.165, 1.54) is 0 Å². The van der Waals surface area contributed by atoms with Crippen LogP contribution in [-0.4, -0.2) is 11.2 Å². The predicted octanol–water partition coefficient (Wildman–Crippen LogP) is 4.02. The fourth-order valence-corrected chi connectivity index (χ4v) is 2.60. The van der Waals surface area contributed by atoms with Crippen LogP contribution in [0.4, 0.5) is 30.7 Å². The van der Waals surface area contributed by atoms with Crippen molar-refractivity contribution in [1.29, 1.82) is 0 Å². The lowest BCUT2D eigenvalue weighted by atomic mass is 9.77. The molecule has 1 aromatic rings. The molecule has 0 bridgehead atoms. The number of aliphatic hydroxyl groups excluding tert-OH is 1. The quantitative estimate of drug-likeness (QED) is 0.813. The van der Waals surface area contributed by atoms with Crippen molar-refractivity contribution in [3.63, 3.8) is 0 Å². The van der Waals surface area contributed by atoms with Crippen LogP contribution in [0.2, 0.25) is 0 Å². The predicted molar refractivity (Wildman–Crippen MR) is 66.7 cm³/mol. The SMILES string of the molecule is N[C@H](c1c(F)cc(C(F)(F)F)cc1C(F)(F)F)[C@@H](O)C1CCC1. The summed E-state index contributed by atoms with van der Waals surface area (Å²) in [6.07, 6.45) is -9.99. The van der Waals surface area contributed by atoms with Gasteiger partial charge in [-0.1, -0.05) is 6.42 Å². The van der Waals surface area contributed by atoms with Crippen molar-refractivity contribution in [3.05, 3.63) is 34.6 Å². The second-order valence-corrected chi connectivity index (χ2v) is 5.62. The topological polar surface area (TPSA) is 46.2 Å². The van der Waals surface area contributed by atoms with Crippen molar-refractivity contribution in [2.45, 2.75) is 43.8 Å². The number of halogens is 7. The number of hydrogen-bond acceptors (Lipinski definition) is 2. The van der Waals surface area contributed by atoms with Crippen molar-refractivity contribution in [1.82, 2.24) is 0 Å². The first-order valence-electron chi connectivity index (χ1n) is 6.84. The van der Waals surface area contributed by atoms with E-state index in [2.05, 4.69) is 0 Å².